The van der Waals surface area contributed by atoms with E-state index in [4.69, 9.17) is 9.47 Å². The highest BCUT2D eigenvalue weighted by atomic mass is 16.5. The number of carbonyl (C=O) groups excluding carboxylic acids is 3. The van der Waals surface area contributed by atoms with Crippen molar-refractivity contribution in [1.29, 1.82) is 0 Å². The first kappa shape index (κ1) is 20.9. The van der Waals surface area contributed by atoms with Crippen LogP contribution in [0.25, 0.3) is 0 Å². The van der Waals surface area contributed by atoms with Gasteiger partial charge in [-0.2, -0.15) is 0 Å². The van der Waals surface area contributed by atoms with Crippen LogP contribution in [0, 0.1) is 5.92 Å². The summed E-state index contributed by atoms with van der Waals surface area (Å²) in [7, 11) is 0. The van der Waals surface area contributed by atoms with Crippen LogP contribution in [0.5, 0.6) is 5.75 Å². The molecule has 6 nitrogen and oxygen atoms in total. The van der Waals surface area contributed by atoms with Crippen LogP contribution in [-0.2, 0) is 14.3 Å². The molecule has 0 radical (unpaired) electrons. The number of hydrogen-bond donors (Lipinski definition) is 1. The fraction of sp³-hybridized carbons (Fsp3) is 0.571. The molecule has 1 aliphatic rings. The van der Waals surface area contributed by atoms with Gasteiger partial charge in [0, 0.05) is 18.0 Å². The second-order valence-electron chi connectivity index (χ2n) is 7.22. The van der Waals surface area contributed by atoms with Crippen molar-refractivity contribution in [3.8, 4) is 5.75 Å². The van der Waals surface area contributed by atoms with Crippen molar-refractivity contribution in [2.75, 3.05) is 13.2 Å². The predicted octanol–water partition coefficient (Wildman–Crippen LogP) is 3.29. The summed E-state index contributed by atoms with van der Waals surface area (Å²) in [5.74, 6) is 0.744. The number of carbonyl (C=O) groups is 3. The normalized spacial score (nSPS) is 19.2. The maximum atomic E-state index is 11.9. The lowest BCUT2D eigenvalue weighted by Gasteiger charge is -2.26. The molecule has 1 aromatic carbocycles. The van der Waals surface area contributed by atoms with Gasteiger partial charge >= 0.3 is 5.97 Å². The molecule has 1 aromatic rings. The van der Waals surface area contributed by atoms with Crippen molar-refractivity contribution >= 4 is 17.7 Å². The predicted molar refractivity (Wildman–Crippen MR) is 102 cm³/mol. The van der Waals surface area contributed by atoms with Gasteiger partial charge in [-0.25, -0.2) is 0 Å². The van der Waals surface area contributed by atoms with Gasteiger partial charge in [0.2, 0.25) is 0 Å². The Hall–Kier alpha value is -2.37. The number of esters is 1. The molecule has 0 saturated heterocycles. The Kier molecular flexibility index (Phi) is 8.30. The smallest absolute Gasteiger partial charge is 0.306 e. The molecule has 1 N–H and O–H groups in total. The van der Waals surface area contributed by atoms with Crippen LogP contribution in [0.1, 0.15) is 62.7 Å². The summed E-state index contributed by atoms with van der Waals surface area (Å²) in [6.07, 6.45) is 4.93. The number of rotatable bonds is 9. The molecule has 27 heavy (non-hydrogen) atoms. The molecule has 6 heteroatoms. The lowest BCUT2D eigenvalue weighted by Crippen LogP contribution is -2.39. The fourth-order valence-electron chi connectivity index (χ4n) is 3.08. The van der Waals surface area contributed by atoms with Crippen molar-refractivity contribution in [3.05, 3.63) is 29.8 Å². The summed E-state index contributed by atoms with van der Waals surface area (Å²) < 4.78 is 10.5. The van der Waals surface area contributed by atoms with Crippen molar-refractivity contribution in [1.82, 2.24) is 5.32 Å². The van der Waals surface area contributed by atoms with Gasteiger partial charge in [-0.1, -0.05) is 6.92 Å². The van der Waals surface area contributed by atoms with E-state index in [1.54, 1.807) is 24.3 Å². The standard InChI is InChI=1S/C21H29NO5/c1-15-5-9-18(10-6-15)22-20(24)14-27-21(25)4-3-13-26-19-11-7-17(8-12-19)16(2)23/h7-8,11-12,15,18H,3-6,9-10,13-14H2,1-2H3,(H,22,24). The van der Waals surface area contributed by atoms with Crippen molar-refractivity contribution in [2.24, 2.45) is 5.92 Å². The Labute approximate surface area is 160 Å². The number of nitrogens with one attached hydrogen (secondary N) is 1. The van der Waals surface area contributed by atoms with Gasteiger partial charge in [0.05, 0.1) is 6.61 Å². The van der Waals surface area contributed by atoms with E-state index in [2.05, 4.69) is 12.2 Å². The quantitative estimate of drug-likeness (QED) is 0.407. The van der Waals surface area contributed by atoms with Crippen molar-refractivity contribution < 1.29 is 23.9 Å². The summed E-state index contributed by atoms with van der Waals surface area (Å²) in [4.78, 5) is 34.8. The average molecular weight is 375 g/mol. The minimum absolute atomic E-state index is 0.00591. The molecule has 148 valence electrons. The Morgan fingerprint density at radius 1 is 1.07 bits per heavy atom. The minimum Gasteiger partial charge on any atom is -0.494 e. The zero-order valence-electron chi connectivity index (χ0n) is 16.2. The largest absolute Gasteiger partial charge is 0.494 e. The maximum absolute atomic E-state index is 11.9. The van der Waals surface area contributed by atoms with Gasteiger partial charge < -0.3 is 14.8 Å². The number of amides is 1. The van der Waals surface area contributed by atoms with E-state index < -0.39 is 5.97 Å². The topological polar surface area (TPSA) is 81.7 Å². The molecule has 0 bridgehead atoms. The van der Waals surface area contributed by atoms with Gasteiger partial charge in [0.1, 0.15) is 5.75 Å². The van der Waals surface area contributed by atoms with Gasteiger partial charge in [0.25, 0.3) is 5.91 Å². The second-order valence-corrected chi connectivity index (χ2v) is 7.22. The first-order valence-electron chi connectivity index (χ1n) is 9.63. The first-order valence-corrected chi connectivity index (χ1v) is 9.63. The Bertz CT molecular complexity index is 632. The molecule has 0 aromatic heterocycles. The van der Waals surface area contributed by atoms with Crippen molar-refractivity contribution in [2.45, 2.75) is 58.4 Å². The van der Waals surface area contributed by atoms with E-state index >= 15 is 0 Å². The average Bonchev–Trinajstić information content (AvgIpc) is 2.66. The van der Waals surface area contributed by atoms with Crippen LogP contribution in [0.2, 0.25) is 0 Å². The maximum Gasteiger partial charge on any atom is 0.306 e. The molecule has 1 fully saturated rings. The van der Waals surface area contributed by atoms with Crippen LogP contribution >= 0.6 is 0 Å². The van der Waals surface area contributed by atoms with Crippen LogP contribution in [-0.4, -0.2) is 36.9 Å². The number of benzene rings is 1. The van der Waals surface area contributed by atoms with Crippen LogP contribution in [0.4, 0.5) is 0 Å². The summed E-state index contributed by atoms with van der Waals surface area (Å²) in [6.45, 7) is 3.88. The highest BCUT2D eigenvalue weighted by Crippen LogP contribution is 2.23. The van der Waals surface area contributed by atoms with E-state index in [9.17, 15) is 14.4 Å². The molecule has 0 aliphatic heterocycles. The van der Waals surface area contributed by atoms with E-state index in [1.165, 1.54) is 6.92 Å². The SMILES string of the molecule is CC(=O)c1ccc(OCCCC(=O)OCC(=O)NC2CCC(C)CC2)cc1. The summed E-state index contributed by atoms with van der Waals surface area (Å²) in [5.41, 5.74) is 0.631. The monoisotopic (exact) mass is 375 g/mol. The van der Waals surface area contributed by atoms with Gasteiger partial charge in [0.15, 0.2) is 12.4 Å². The van der Waals surface area contributed by atoms with Gasteiger partial charge in [-0.05, 0) is 69.2 Å². The van der Waals surface area contributed by atoms with Crippen molar-refractivity contribution in [3.63, 3.8) is 0 Å². The molecular weight excluding hydrogens is 346 g/mol. The summed E-state index contributed by atoms with van der Waals surface area (Å²) >= 11 is 0. The molecule has 1 aliphatic carbocycles. The zero-order valence-corrected chi connectivity index (χ0v) is 16.2. The molecule has 0 heterocycles. The number of hydrogen-bond acceptors (Lipinski definition) is 5. The van der Waals surface area contributed by atoms with Crippen LogP contribution < -0.4 is 10.1 Å². The lowest BCUT2D eigenvalue weighted by molar-refractivity contribution is -0.149. The number of ketones is 1. The molecule has 1 saturated carbocycles. The third-order valence-corrected chi connectivity index (χ3v) is 4.80. The minimum atomic E-state index is -0.405. The van der Waals surface area contributed by atoms with E-state index in [-0.39, 0.29) is 30.8 Å². The molecule has 2 rings (SSSR count). The lowest BCUT2D eigenvalue weighted by atomic mass is 9.87. The Morgan fingerprint density at radius 2 is 1.74 bits per heavy atom. The molecule has 0 spiro atoms. The molecule has 0 unspecified atom stereocenters. The van der Waals surface area contributed by atoms with Crippen LogP contribution in [0.3, 0.4) is 0 Å². The highest BCUT2D eigenvalue weighted by molar-refractivity contribution is 5.94. The Morgan fingerprint density at radius 3 is 2.37 bits per heavy atom. The summed E-state index contributed by atoms with van der Waals surface area (Å²) in [6, 6.07) is 7.07. The zero-order chi connectivity index (χ0) is 19.6. The highest BCUT2D eigenvalue weighted by Gasteiger charge is 2.20. The van der Waals surface area contributed by atoms with E-state index in [0.717, 1.165) is 31.6 Å². The second kappa shape index (κ2) is 10.7. The van der Waals surface area contributed by atoms with Gasteiger partial charge in [-0.3, -0.25) is 14.4 Å². The summed E-state index contributed by atoms with van der Waals surface area (Å²) in [5, 5.41) is 2.93. The fourth-order valence-corrected chi connectivity index (χ4v) is 3.08. The molecular formula is C21H29NO5. The van der Waals surface area contributed by atoms with Gasteiger partial charge in [-0.15, -0.1) is 0 Å². The first-order chi connectivity index (χ1) is 12.9. The van der Waals surface area contributed by atoms with E-state index in [0.29, 0.717) is 24.3 Å². The molecule has 1 amide bonds. The number of ether oxygens (including phenoxy) is 2. The van der Waals surface area contributed by atoms with E-state index in [1.807, 2.05) is 0 Å². The Balaban J connectivity index is 1.55. The third-order valence-electron chi connectivity index (χ3n) is 4.80. The van der Waals surface area contributed by atoms with Crippen LogP contribution in [0.15, 0.2) is 24.3 Å². The molecule has 0 atom stereocenters. The third kappa shape index (κ3) is 7.81. The number of Topliss-reactive ketones (excluding diaryl/α,β-unsaturated/α-hetero) is 1.